The van der Waals surface area contributed by atoms with Crippen LogP contribution in [0.4, 0.5) is 17.1 Å². The molecule has 0 saturated carbocycles. The van der Waals surface area contributed by atoms with E-state index in [4.69, 9.17) is 4.42 Å². The molecule has 0 bridgehead atoms. The van der Waals surface area contributed by atoms with Crippen LogP contribution in [0, 0.1) is 0 Å². The fraction of sp³-hybridized carbons (Fsp3) is 0.200. The molecule has 0 amide bonds. The molecule has 0 aliphatic rings. The Labute approximate surface area is 219 Å². The van der Waals surface area contributed by atoms with Gasteiger partial charge in [0.05, 0.1) is 5.69 Å². The lowest BCUT2D eigenvalue weighted by Gasteiger charge is -2.29. The van der Waals surface area contributed by atoms with Crippen LogP contribution in [0.25, 0.3) is 32.7 Å². The summed E-state index contributed by atoms with van der Waals surface area (Å²) in [5.41, 5.74) is 7.76. The maximum atomic E-state index is 6.81. The normalized spacial score (nSPS) is 12.2. The summed E-state index contributed by atoms with van der Waals surface area (Å²) in [6, 6.07) is 37.1. The third-order valence-electron chi connectivity index (χ3n) is 7.34. The van der Waals surface area contributed by atoms with Gasteiger partial charge >= 0.3 is 0 Å². The summed E-state index contributed by atoms with van der Waals surface area (Å²) in [4.78, 5) is 2.38. The molecule has 0 radical (unpaired) electrons. The second-order valence-electron chi connectivity index (χ2n) is 11.3. The summed E-state index contributed by atoms with van der Waals surface area (Å²) in [5.74, 6) is 0.376. The highest BCUT2D eigenvalue weighted by atomic mass is 16.3. The summed E-state index contributed by atoms with van der Waals surface area (Å²) in [7, 11) is 0. The lowest BCUT2D eigenvalue weighted by atomic mass is 9.86. The number of hydrogen-bond acceptors (Lipinski definition) is 2. The van der Waals surface area contributed by atoms with E-state index in [0.29, 0.717) is 5.92 Å². The molecule has 37 heavy (non-hydrogen) atoms. The van der Waals surface area contributed by atoms with Gasteiger partial charge in [-0.25, -0.2) is 0 Å². The molecule has 6 aromatic rings. The van der Waals surface area contributed by atoms with Crippen molar-refractivity contribution >= 4 is 49.8 Å². The molecule has 1 heterocycles. The quantitative estimate of drug-likeness (QED) is 0.248. The van der Waals surface area contributed by atoms with Crippen LogP contribution in [0.5, 0.6) is 0 Å². The van der Waals surface area contributed by atoms with E-state index in [1.54, 1.807) is 0 Å². The molecule has 0 unspecified atom stereocenters. The fourth-order valence-electron chi connectivity index (χ4n) is 5.48. The Morgan fingerprint density at radius 1 is 0.622 bits per heavy atom. The number of para-hydroxylation sites is 3. The Morgan fingerprint density at radius 3 is 2.03 bits per heavy atom. The minimum Gasteiger partial charge on any atom is -0.454 e. The summed E-state index contributed by atoms with van der Waals surface area (Å²) in [5, 5.41) is 4.77. The SMILES string of the molecule is CC(C)c1ccccc1N(c1ccc2ccccc2c1)c1cccc2c1oc1c(C(C)(C)C)cccc12. The van der Waals surface area contributed by atoms with Crippen LogP contribution in [0.3, 0.4) is 0 Å². The lowest BCUT2D eigenvalue weighted by molar-refractivity contribution is 0.573. The predicted molar refractivity (Wildman–Crippen MR) is 159 cm³/mol. The molecule has 6 rings (SSSR count). The van der Waals surface area contributed by atoms with Crippen molar-refractivity contribution in [2.45, 2.75) is 46.0 Å². The Balaban J connectivity index is 1.68. The van der Waals surface area contributed by atoms with Gasteiger partial charge in [-0.1, -0.05) is 113 Å². The van der Waals surface area contributed by atoms with Crippen molar-refractivity contribution in [1.29, 1.82) is 0 Å². The molecule has 184 valence electrons. The molecule has 1 aromatic heterocycles. The van der Waals surface area contributed by atoms with Crippen LogP contribution in [0.1, 0.15) is 51.7 Å². The Bertz CT molecular complexity index is 1750. The Kier molecular flexibility index (Phi) is 5.56. The minimum atomic E-state index is -0.0180. The lowest BCUT2D eigenvalue weighted by Crippen LogP contribution is -2.13. The van der Waals surface area contributed by atoms with E-state index in [0.717, 1.165) is 27.9 Å². The first-order valence-corrected chi connectivity index (χ1v) is 13.2. The van der Waals surface area contributed by atoms with Gasteiger partial charge in [0.1, 0.15) is 5.58 Å². The first kappa shape index (κ1) is 23.4. The zero-order valence-electron chi connectivity index (χ0n) is 22.2. The van der Waals surface area contributed by atoms with E-state index in [-0.39, 0.29) is 5.41 Å². The average molecular weight is 484 g/mol. The van der Waals surface area contributed by atoms with Crippen molar-refractivity contribution in [2.75, 3.05) is 4.90 Å². The first-order valence-electron chi connectivity index (χ1n) is 13.2. The van der Waals surface area contributed by atoms with Gasteiger partial charge < -0.3 is 9.32 Å². The number of hydrogen-bond donors (Lipinski definition) is 0. The Hall–Kier alpha value is -4.04. The maximum Gasteiger partial charge on any atom is 0.159 e. The van der Waals surface area contributed by atoms with Gasteiger partial charge in [0, 0.05) is 27.7 Å². The third-order valence-corrected chi connectivity index (χ3v) is 7.34. The van der Waals surface area contributed by atoms with Gasteiger partial charge in [0.25, 0.3) is 0 Å². The predicted octanol–water partition coefficient (Wildman–Crippen LogP) is 10.6. The minimum absolute atomic E-state index is 0.0180. The van der Waals surface area contributed by atoms with Gasteiger partial charge in [-0.2, -0.15) is 0 Å². The molecule has 0 fully saturated rings. The van der Waals surface area contributed by atoms with Crippen LogP contribution < -0.4 is 4.90 Å². The number of furan rings is 1. The van der Waals surface area contributed by atoms with E-state index in [9.17, 15) is 0 Å². The standard InChI is InChI=1S/C35H33NO/c1-23(2)27-14-8-9-18-31(27)36(26-21-20-24-12-6-7-13-25(24)22-26)32-19-11-16-29-28-15-10-17-30(35(3,4)5)33(28)37-34(29)32/h6-23H,1-5H3. The van der Waals surface area contributed by atoms with Crippen molar-refractivity contribution in [3.8, 4) is 0 Å². The van der Waals surface area contributed by atoms with Gasteiger partial charge in [0.15, 0.2) is 5.58 Å². The van der Waals surface area contributed by atoms with Gasteiger partial charge in [0.2, 0.25) is 0 Å². The van der Waals surface area contributed by atoms with Crippen molar-refractivity contribution in [3.63, 3.8) is 0 Å². The summed E-state index contributed by atoms with van der Waals surface area (Å²) >= 11 is 0. The van der Waals surface area contributed by atoms with Crippen LogP contribution >= 0.6 is 0 Å². The first-order chi connectivity index (χ1) is 17.8. The van der Waals surface area contributed by atoms with Crippen LogP contribution in [0.15, 0.2) is 108 Å². The maximum absolute atomic E-state index is 6.81. The van der Waals surface area contributed by atoms with E-state index >= 15 is 0 Å². The van der Waals surface area contributed by atoms with Crippen molar-refractivity contribution in [3.05, 3.63) is 114 Å². The number of anilines is 3. The van der Waals surface area contributed by atoms with E-state index in [2.05, 4.69) is 143 Å². The van der Waals surface area contributed by atoms with Gasteiger partial charge in [-0.3, -0.25) is 0 Å². The molecule has 2 nitrogen and oxygen atoms in total. The van der Waals surface area contributed by atoms with Crippen molar-refractivity contribution in [2.24, 2.45) is 0 Å². The van der Waals surface area contributed by atoms with Gasteiger partial charge in [-0.15, -0.1) is 0 Å². The number of rotatable bonds is 4. The average Bonchev–Trinajstić information content (AvgIpc) is 3.28. The van der Waals surface area contributed by atoms with Crippen LogP contribution in [-0.4, -0.2) is 0 Å². The highest BCUT2D eigenvalue weighted by molar-refractivity contribution is 6.11. The Morgan fingerprint density at radius 2 is 1.27 bits per heavy atom. The molecular weight excluding hydrogens is 450 g/mol. The highest BCUT2D eigenvalue weighted by Gasteiger charge is 2.25. The van der Waals surface area contributed by atoms with Gasteiger partial charge in [-0.05, 0) is 51.9 Å². The van der Waals surface area contributed by atoms with E-state index < -0.39 is 0 Å². The van der Waals surface area contributed by atoms with Crippen LogP contribution in [-0.2, 0) is 5.41 Å². The zero-order chi connectivity index (χ0) is 25.7. The van der Waals surface area contributed by atoms with Crippen molar-refractivity contribution in [1.82, 2.24) is 0 Å². The number of benzene rings is 5. The molecule has 0 spiro atoms. The number of nitrogens with zero attached hydrogens (tertiary/aromatic N) is 1. The summed E-state index contributed by atoms with van der Waals surface area (Å²) in [6.07, 6.45) is 0. The van der Waals surface area contributed by atoms with Crippen molar-refractivity contribution < 1.29 is 4.42 Å². The molecule has 0 aliphatic carbocycles. The fourth-order valence-corrected chi connectivity index (χ4v) is 5.48. The summed E-state index contributed by atoms with van der Waals surface area (Å²) in [6.45, 7) is 11.3. The topological polar surface area (TPSA) is 16.4 Å². The monoisotopic (exact) mass is 483 g/mol. The van der Waals surface area contributed by atoms with Crippen LogP contribution in [0.2, 0.25) is 0 Å². The molecule has 0 saturated heterocycles. The summed E-state index contributed by atoms with van der Waals surface area (Å²) < 4.78 is 6.81. The molecule has 2 heteroatoms. The number of fused-ring (bicyclic) bond motifs is 4. The largest absolute Gasteiger partial charge is 0.454 e. The molecule has 0 atom stereocenters. The second-order valence-corrected chi connectivity index (χ2v) is 11.3. The van der Waals surface area contributed by atoms with E-state index in [1.165, 1.54) is 33.0 Å². The smallest absolute Gasteiger partial charge is 0.159 e. The molecule has 5 aromatic carbocycles. The van der Waals surface area contributed by atoms with E-state index in [1.807, 2.05) is 0 Å². The second kappa shape index (κ2) is 8.81. The zero-order valence-corrected chi connectivity index (χ0v) is 22.2. The highest BCUT2D eigenvalue weighted by Crippen LogP contribution is 2.45. The molecule has 0 aliphatic heterocycles. The molecule has 0 N–H and O–H groups in total. The third kappa shape index (κ3) is 3.97. The molecular formula is C35H33NO.